The van der Waals surface area contributed by atoms with E-state index in [0.717, 1.165) is 0 Å². The van der Waals surface area contributed by atoms with E-state index in [0.29, 0.717) is 11.3 Å². The third-order valence-electron chi connectivity index (χ3n) is 2.95. The largest absolute Gasteiger partial charge is 0.409 e. The van der Waals surface area contributed by atoms with E-state index in [1.54, 1.807) is 0 Å². The van der Waals surface area contributed by atoms with Crippen LogP contribution in [-0.4, -0.2) is 21.9 Å². The van der Waals surface area contributed by atoms with E-state index in [2.05, 4.69) is 10.5 Å². The van der Waals surface area contributed by atoms with Crippen LogP contribution in [0.5, 0.6) is 0 Å². The Morgan fingerprint density at radius 2 is 1.91 bits per heavy atom. The van der Waals surface area contributed by atoms with Crippen molar-refractivity contribution in [2.24, 2.45) is 10.9 Å². The van der Waals surface area contributed by atoms with Gasteiger partial charge in [0, 0.05) is 22.3 Å². The number of halogens is 1. The fourth-order valence-corrected chi connectivity index (χ4v) is 2.00. The first kappa shape index (κ1) is 16.2. The Hall–Kier alpha value is -3.13. The molecule has 0 aliphatic rings. The van der Waals surface area contributed by atoms with Crippen molar-refractivity contribution in [3.63, 3.8) is 0 Å². The third-order valence-corrected chi connectivity index (χ3v) is 3.18. The molecule has 23 heavy (non-hydrogen) atoms. The number of carbonyl (C=O) groups is 1. The highest BCUT2D eigenvalue weighted by Crippen LogP contribution is 2.24. The van der Waals surface area contributed by atoms with Crippen molar-refractivity contribution in [1.82, 2.24) is 0 Å². The van der Waals surface area contributed by atoms with Gasteiger partial charge in [0.25, 0.3) is 11.6 Å². The fraction of sp³-hybridized carbons (Fsp3) is 0. The van der Waals surface area contributed by atoms with Crippen LogP contribution in [0.3, 0.4) is 0 Å². The summed E-state index contributed by atoms with van der Waals surface area (Å²) in [5.74, 6) is -0.746. The van der Waals surface area contributed by atoms with Crippen molar-refractivity contribution in [2.45, 2.75) is 0 Å². The van der Waals surface area contributed by atoms with Gasteiger partial charge in [-0.05, 0) is 36.4 Å². The second kappa shape index (κ2) is 6.75. The van der Waals surface area contributed by atoms with Crippen LogP contribution in [0.1, 0.15) is 15.9 Å². The number of anilines is 1. The Kier molecular flexibility index (Phi) is 4.77. The minimum atomic E-state index is -0.671. The second-order valence-corrected chi connectivity index (χ2v) is 4.87. The average molecular weight is 335 g/mol. The molecule has 0 aliphatic carbocycles. The molecule has 2 aromatic carbocycles. The van der Waals surface area contributed by atoms with Gasteiger partial charge in [0.15, 0.2) is 5.84 Å². The molecule has 0 radical (unpaired) electrons. The van der Waals surface area contributed by atoms with Crippen molar-refractivity contribution in [1.29, 1.82) is 0 Å². The van der Waals surface area contributed by atoms with Gasteiger partial charge in [-0.3, -0.25) is 14.9 Å². The quantitative estimate of drug-likeness (QED) is 0.260. The lowest BCUT2D eigenvalue weighted by Gasteiger charge is -2.07. The third kappa shape index (κ3) is 3.74. The summed E-state index contributed by atoms with van der Waals surface area (Å²) >= 11 is 5.79. The van der Waals surface area contributed by atoms with Crippen molar-refractivity contribution in [3.05, 3.63) is 68.7 Å². The van der Waals surface area contributed by atoms with Crippen molar-refractivity contribution in [2.75, 3.05) is 5.32 Å². The maximum atomic E-state index is 12.2. The molecule has 2 aromatic rings. The average Bonchev–Trinajstić information content (AvgIpc) is 2.54. The molecule has 0 bridgehead atoms. The van der Waals surface area contributed by atoms with E-state index in [4.69, 9.17) is 22.5 Å². The van der Waals surface area contributed by atoms with Gasteiger partial charge in [0.2, 0.25) is 0 Å². The molecule has 9 heteroatoms. The van der Waals surface area contributed by atoms with Crippen molar-refractivity contribution < 1.29 is 14.9 Å². The molecular formula is C14H11ClN4O4. The molecule has 0 heterocycles. The van der Waals surface area contributed by atoms with E-state index < -0.39 is 10.8 Å². The van der Waals surface area contributed by atoms with Crippen LogP contribution in [0.4, 0.5) is 11.4 Å². The van der Waals surface area contributed by atoms with E-state index in [1.807, 2.05) is 0 Å². The summed E-state index contributed by atoms with van der Waals surface area (Å²) in [5.41, 5.74) is 5.78. The Morgan fingerprint density at radius 3 is 2.48 bits per heavy atom. The summed E-state index contributed by atoms with van der Waals surface area (Å²) in [6.45, 7) is 0. The summed E-state index contributed by atoms with van der Waals surface area (Å²) in [6, 6.07) is 9.80. The molecule has 0 saturated carbocycles. The number of nitrogens with zero attached hydrogens (tertiary/aromatic N) is 2. The van der Waals surface area contributed by atoms with Gasteiger partial charge < -0.3 is 16.3 Å². The van der Waals surface area contributed by atoms with Gasteiger partial charge >= 0.3 is 0 Å². The number of hydrogen-bond donors (Lipinski definition) is 3. The highest BCUT2D eigenvalue weighted by Gasteiger charge is 2.20. The highest BCUT2D eigenvalue weighted by atomic mass is 35.5. The molecular weight excluding hydrogens is 324 g/mol. The standard InChI is InChI=1S/C14H11ClN4O4/c15-9-3-6-12(19(22)23)11(7-9)14(20)17-10-4-1-8(2-5-10)13(16)18-21/h1-7,21H,(H2,16,18)(H,17,20). The molecule has 118 valence electrons. The first-order valence-electron chi connectivity index (χ1n) is 6.25. The molecule has 4 N–H and O–H groups in total. The second-order valence-electron chi connectivity index (χ2n) is 4.44. The smallest absolute Gasteiger partial charge is 0.282 e. The van der Waals surface area contributed by atoms with Crippen molar-refractivity contribution in [3.8, 4) is 0 Å². The Bertz CT molecular complexity index is 790. The predicted molar refractivity (Wildman–Crippen MR) is 85.0 cm³/mol. The van der Waals surface area contributed by atoms with Crippen molar-refractivity contribution >= 4 is 34.7 Å². The van der Waals surface area contributed by atoms with Gasteiger partial charge in [-0.1, -0.05) is 16.8 Å². The number of nitrogens with one attached hydrogen (secondary N) is 1. The number of hydrogen-bond acceptors (Lipinski definition) is 5. The van der Waals surface area contributed by atoms with Crippen LogP contribution in [0, 0.1) is 10.1 Å². The zero-order chi connectivity index (χ0) is 17.0. The maximum Gasteiger partial charge on any atom is 0.282 e. The zero-order valence-electron chi connectivity index (χ0n) is 11.6. The first-order chi connectivity index (χ1) is 10.9. The van der Waals surface area contributed by atoms with Crippen LogP contribution in [0.2, 0.25) is 5.02 Å². The molecule has 2 rings (SSSR count). The Labute approximate surface area is 135 Å². The highest BCUT2D eigenvalue weighted by molar-refractivity contribution is 6.31. The number of oxime groups is 1. The SMILES string of the molecule is NC(=NO)c1ccc(NC(=O)c2cc(Cl)ccc2[N+](=O)[O-])cc1. The topological polar surface area (TPSA) is 131 Å². The number of nitrogens with two attached hydrogens (primary N) is 1. The lowest BCUT2D eigenvalue weighted by molar-refractivity contribution is -0.385. The fourth-order valence-electron chi connectivity index (χ4n) is 1.83. The minimum Gasteiger partial charge on any atom is -0.409 e. The molecule has 8 nitrogen and oxygen atoms in total. The molecule has 0 spiro atoms. The summed E-state index contributed by atoms with van der Waals surface area (Å²) < 4.78 is 0. The number of nitro groups is 1. The summed E-state index contributed by atoms with van der Waals surface area (Å²) in [4.78, 5) is 22.5. The maximum absolute atomic E-state index is 12.2. The van der Waals surface area contributed by atoms with Crippen LogP contribution in [-0.2, 0) is 0 Å². The van der Waals surface area contributed by atoms with Crippen LogP contribution < -0.4 is 11.1 Å². The van der Waals surface area contributed by atoms with Crippen LogP contribution in [0.25, 0.3) is 0 Å². The zero-order valence-corrected chi connectivity index (χ0v) is 12.3. The molecule has 0 aromatic heterocycles. The van der Waals surface area contributed by atoms with Gasteiger partial charge in [0.1, 0.15) is 5.56 Å². The molecule has 0 aliphatic heterocycles. The summed E-state index contributed by atoms with van der Waals surface area (Å²) in [6.07, 6.45) is 0. The van der Waals surface area contributed by atoms with Gasteiger partial charge in [0.05, 0.1) is 4.92 Å². The Balaban J connectivity index is 2.26. The first-order valence-corrected chi connectivity index (χ1v) is 6.63. The summed E-state index contributed by atoms with van der Waals surface area (Å²) in [5, 5.41) is 25.1. The molecule has 0 unspecified atom stereocenters. The van der Waals surface area contributed by atoms with E-state index in [-0.39, 0.29) is 22.1 Å². The number of rotatable bonds is 4. The van der Waals surface area contributed by atoms with Crippen LogP contribution in [0.15, 0.2) is 47.6 Å². The van der Waals surface area contributed by atoms with E-state index >= 15 is 0 Å². The van der Waals surface area contributed by atoms with Gasteiger partial charge in [-0.15, -0.1) is 0 Å². The molecule has 0 fully saturated rings. The van der Waals surface area contributed by atoms with Gasteiger partial charge in [-0.25, -0.2) is 0 Å². The number of amidine groups is 1. The van der Waals surface area contributed by atoms with E-state index in [1.165, 1.54) is 42.5 Å². The Morgan fingerprint density at radius 1 is 1.26 bits per heavy atom. The normalized spacial score (nSPS) is 11.1. The summed E-state index contributed by atoms with van der Waals surface area (Å²) in [7, 11) is 0. The lowest BCUT2D eigenvalue weighted by atomic mass is 10.1. The number of benzene rings is 2. The molecule has 0 saturated heterocycles. The lowest BCUT2D eigenvalue weighted by Crippen LogP contribution is -2.15. The predicted octanol–water partition coefficient (Wildman–Crippen LogP) is 2.60. The monoisotopic (exact) mass is 334 g/mol. The number of nitro benzene ring substituents is 1. The van der Waals surface area contributed by atoms with Gasteiger partial charge in [-0.2, -0.15) is 0 Å². The molecule has 0 atom stereocenters. The number of amides is 1. The van der Waals surface area contributed by atoms with E-state index in [9.17, 15) is 14.9 Å². The molecule has 1 amide bonds. The van der Waals surface area contributed by atoms with Crippen LogP contribution >= 0.6 is 11.6 Å². The minimum absolute atomic E-state index is 0.0756. The number of carbonyl (C=O) groups excluding carboxylic acids is 1.